The Bertz CT molecular complexity index is 392. The maximum absolute atomic E-state index is 13.3. The zero-order valence-electron chi connectivity index (χ0n) is 10.5. The molecule has 94 valence electrons. The number of nitrogens with zero attached hydrogens (tertiary/aromatic N) is 1. The molecule has 1 heterocycles. The van der Waals surface area contributed by atoms with Gasteiger partial charge in [-0.2, -0.15) is 0 Å². The van der Waals surface area contributed by atoms with E-state index in [4.69, 9.17) is 5.11 Å². The molecule has 0 aliphatic carbocycles. The van der Waals surface area contributed by atoms with Crippen LogP contribution in [0.15, 0.2) is 24.3 Å². The second kappa shape index (κ2) is 4.65. The Hall–Kier alpha value is -1.09. The molecule has 1 aliphatic heterocycles. The third kappa shape index (κ3) is 2.29. The van der Waals surface area contributed by atoms with Crippen LogP contribution in [0.1, 0.15) is 26.7 Å². The van der Waals surface area contributed by atoms with Crippen LogP contribution in [0.5, 0.6) is 0 Å². The molecule has 17 heavy (non-hydrogen) atoms. The molecule has 1 saturated heterocycles. The Morgan fingerprint density at radius 3 is 2.88 bits per heavy atom. The summed E-state index contributed by atoms with van der Waals surface area (Å²) in [7, 11) is 0. The molecule has 1 unspecified atom stereocenters. The molecular formula is C14H20FNO. The predicted octanol–water partition coefficient (Wildman–Crippen LogP) is 2.81. The Morgan fingerprint density at radius 1 is 1.47 bits per heavy atom. The number of aliphatic hydroxyl groups excluding tert-OH is 1. The lowest BCUT2D eigenvalue weighted by Gasteiger charge is -2.37. The lowest BCUT2D eigenvalue weighted by molar-refractivity contribution is 0.229. The second-order valence-corrected chi connectivity index (χ2v) is 5.28. The fourth-order valence-electron chi connectivity index (χ4n) is 2.91. The topological polar surface area (TPSA) is 23.5 Å². The van der Waals surface area contributed by atoms with Crippen molar-refractivity contribution in [2.45, 2.75) is 32.2 Å². The summed E-state index contributed by atoms with van der Waals surface area (Å²) in [6.45, 7) is 5.50. The zero-order chi connectivity index (χ0) is 12.5. The highest BCUT2D eigenvalue weighted by Crippen LogP contribution is 2.39. The predicted molar refractivity (Wildman–Crippen MR) is 67.6 cm³/mol. The van der Waals surface area contributed by atoms with Crippen molar-refractivity contribution >= 4 is 5.69 Å². The highest BCUT2D eigenvalue weighted by molar-refractivity contribution is 5.50. The van der Waals surface area contributed by atoms with Crippen molar-refractivity contribution < 1.29 is 9.50 Å². The first kappa shape index (κ1) is 12.4. The quantitative estimate of drug-likeness (QED) is 0.873. The summed E-state index contributed by atoms with van der Waals surface area (Å²) in [5.41, 5.74) is 0.923. The Labute approximate surface area is 102 Å². The van der Waals surface area contributed by atoms with Crippen LogP contribution in [0.3, 0.4) is 0 Å². The van der Waals surface area contributed by atoms with Gasteiger partial charge in [0.2, 0.25) is 0 Å². The molecule has 2 rings (SSSR count). The normalized spacial score (nSPS) is 23.1. The number of anilines is 1. The minimum Gasteiger partial charge on any atom is -0.396 e. The minimum atomic E-state index is -0.191. The van der Waals surface area contributed by atoms with E-state index in [1.165, 1.54) is 6.07 Å². The van der Waals surface area contributed by atoms with Crippen LogP contribution in [0.4, 0.5) is 10.1 Å². The molecule has 1 N–H and O–H groups in total. The average molecular weight is 237 g/mol. The first-order chi connectivity index (χ1) is 8.05. The van der Waals surface area contributed by atoms with Gasteiger partial charge in [-0.05, 0) is 50.8 Å². The molecule has 0 aromatic heterocycles. The molecule has 0 radical (unpaired) electrons. The average Bonchev–Trinajstić information content (AvgIpc) is 2.55. The Kier molecular flexibility index (Phi) is 3.38. The first-order valence-electron chi connectivity index (χ1n) is 6.20. The maximum atomic E-state index is 13.3. The van der Waals surface area contributed by atoms with E-state index in [0.717, 1.165) is 25.1 Å². The maximum Gasteiger partial charge on any atom is 0.125 e. The molecule has 0 saturated carbocycles. The summed E-state index contributed by atoms with van der Waals surface area (Å²) in [4.78, 5) is 2.25. The summed E-state index contributed by atoms with van der Waals surface area (Å²) in [6.07, 6.45) is 1.88. The van der Waals surface area contributed by atoms with Gasteiger partial charge in [-0.1, -0.05) is 6.07 Å². The zero-order valence-corrected chi connectivity index (χ0v) is 10.5. The minimum absolute atomic E-state index is 0.0173. The van der Waals surface area contributed by atoms with Gasteiger partial charge in [-0.15, -0.1) is 0 Å². The lowest BCUT2D eigenvalue weighted by atomic mass is 9.86. The van der Waals surface area contributed by atoms with Crippen molar-refractivity contribution in [3.63, 3.8) is 0 Å². The fourth-order valence-corrected chi connectivity index (χ4v) is 2.91. The lowest BCUT2D eigenvalue weighted by Crippen LogP contribution is -2.42. The van der Waals surface area contributed by atoms with Gasteiger partial charge in [-0.3, -0.25) is 0 Å². The van der Waals surface area contributed by atoms with Gasteiger partial charge in [0.15, 0.2) is 0 Å². The van der Waals surface area contributed by atoms with E-state index in [1.54, 1.807) is 12.1 Å². The molecule has 2 nitrogen and oxygen atoms in total. The molecule has 1 aromatic carbocycles. The van der Waals surface area contributed by atoms with Gasteiger partial charge in [0.05, 0.1) is 0 Å². The van der Waals surface area contributed by atoms with Crippen LogP contribution >= 0.6 is 0 Å². The third-order valence-corrected chi connectivity index (χ3v) is 3.99. The molecule has 1 aromatic rings. The summed E-state index contributed by atoms with van der Waals surface area (Å²) in [6, 6.07) is 6.76. The van der Waals surface area contributed by atoms with Crippen molar-refractivity contribution in [2.75, 3.05) is 18.1 Å². The standard InChI is InChI=1S/C14H20FNO/c1-14(2)11(7-9-17)6-8-16(14)13-5-3-4-12(15)10-13/h3-5,10-11,17H,6-9H2,1-2H3. The second-order valence-electron chi connectivity index (χ2n) is 5.28. The van der Waals surface area contributed by atoms with E-state index in [2.05, 4.69) is 18.7 Å². The third-order valence-electron chi connectivity index (χ3n) is 3.99. The summed E-state index contributed by atoms with van der Waals surface area (Å²) in [5.74, 6) is 0.277. The largest absolute Gasteiger partial charge is 0.396 e. The molecule has 3 heteroatoms. The van der Waals surface area contributed by atoms with Gasteiger partial charge < -0.3 is 10.0 Å². The van der Waals surface area contributed by atoms with Crippen molar-refractivity contribution in [1.82, 2.24) is 0 Å². The SMILES string of the molecule is CC1(C)C(CCO)CCN1c1cccc(F)c1. The number of aliphatic hydroxyl groups is 1. The van der Waals surface area contributed by atoms with Gasteiger partial charge >= 0.3 is 0 Å². The van der Waals surface area contributed by atoms with Gasteiger partial charge in [0, 0.05) is 24.4 Å². The van der Waals surface area contributed by atoms with Gasteiger partial charge in [-0.25, -0.2) is 4.39 Å². The fraction of sp³-hybridized carbons (Fsp3) is 0.571. The van der Waals surface area contributed by atoms with E-state index >= 15 is 0 Å². The van der Waals surface area contributed by atoms with Gasteiger partial charge in [0.25, 0.3) is 0 Å². The van der Waals surface area contributed by atoms with Crippen LogP contribution in [-0.4, -0.2) is 23.8 Å². The van der Waals surface area contributed by atoms with E-state index in [9.17, 15) is 4.39 Å². The van der Waals surface area contributed by atoms with Crippen molar-refractivity contribution in [3.05, 3.63) is 30.1 Å². The molecule has 1 aliphatic rings. The van der Waals surface area contributed by atoms with E-state index < -0.39 is 0 Å². The van der Waals surface area contributed by atoms with Crippen LogP contribution in [0.2, 0.25) is 0 Å². The molecule has 0 spiro atoms. The number of halogens is 1. The molecule has 1 fully saturated rings. The van der Waals surface area contributed by atoms with E-state index in [-0.39, 0.29) is 18.0 Å². The Morgan fingerprint density at radius 2 is 2.24 bits per heavy atom. The van der Waals surface area contributed by atoms with Crippen molar-refractivity contribution in [1.29, 1.82) is 0 Å². The van der Waals surface area contributed by atoms with E-state index in [0.29, 0.717) is 5.92 Å². The number of benzene rings is 1. The molecule has 0 amide bonds. The van der Waals surface area contributed by atoms with Crippen LogP contribution in [0.25, 0.3) is 0 Å². The smallest absolute Gasteiger partial charge is 0.125 e. The van der Waals surface area contributed by atoms with Crippen LogP contribution < -0.4 is 4.90 Å². The molecule has 1 atom stereocenters. The van der Waals surface area contributed by atoms with Crippen LogP contribution in [-0.2, 0) is 0 Å². The molecular weight excluding hydrogens is 217 g/mol. The number of hydrogen-bond acceptors (Lipinski definition) is 2. The number of hydrogen-bond donors (Lipinski definition) is 1. The summed E-state index contributed by atoms with van der Waals surface area (Å²) >= 11 is 0. The highest BCUT2D eigenvalue weighted by atomic mass is 19.1. The van der Waals surface area contributed by atoms with E-state index in [1.807, 2.05) is 6.07 Å². The molecule has 0 bridgehead atoms. The summed E-state index contributed by atoms with van der Waals surface area (Å²) < 4.78 is 13.3. The van der Waals surface area contributed by atoms with Crippen molar-refractivity contribution in [3.8, 4) is 0 Å². The van der Waals surface area contributed by atoms with Crippen LogP contribution in [0, 0.1) is 11.7 Å². The monoisotopic (exact) mass is 237 g/mol. The van der Waals surface area contributed by atoms with Crippen molar-refractivity contribution in [2.24, 2.45) is 5.92 Å². The Balaban J connectivity index is 2.23. The summed E-state index contributed by atoms with van der Waals surface area (Å²) in [5, 5.41) is 9.08. The number of rotatable bonds is 3. The first-order valence-corrected chi connectivity index (χ1v) is 6.20. The highest BCUT2D eigenvalue weighted by Gasteiger charge is 2.40. The van der Waals surface area contributed by atoms with Gasteiger partial charge in [0.1, 0.15) is 5.82 Å².